The zero-order chi connectivity index (χ0) is 16.2. The molecule has 1 saturated heterocycles. The van der Waals surface area contributed by atoms with Crippen LogP contribution in [-0.2, 0) is 4.74 Å². The summed E-state index contributed by atoms with van der Waals surface area (Å²) in [6.07, 6.45) is 3.64. The standard InChI is InChI=1S/C16H35N5O/c1-5-17-16(19-14-15-8-6-11-21(15)3)18-9-12-20(2)10-7-13-22-4/h15H,5-14H2,1-4H3,(H2,17,18,19). The molecule has 130 valence electrons. The second-order valence-corrected chi connectivity index (χ2v) is 6.07. The molecule has 1 rings (SSSR count). The van der Waals surface area contributed by atoms with Gasteiger partial charge in [0.1, 0.15) is 0 Å². The van der Waals surface area contributed by atoms with Crippen molar-refractivity contribution in [2.75, 3.05) is 67.1 Å². The van der Waals surface area contributed by atoms with Gasteiger partial charge in [-0.25, -0.2) is 0 Å². The first kappa shape index (κ1) is 19.2. The molecule has 1 unspecified atom stereocenters. The first-order valence-electron chi connectivity index (χ1n) is 8.57. The van der Waals surface area contributed by atoms with Gasteiger partial charge in [-0.15, -0.1) is 0 Å². The van der Waals surface area contributed by atoms with Gasteiger partial charge < -0.3 is 25.2 Å². The number of hydrogen-bond acceptors (Lipinski definition) is 4. The van der Waals surface area contributed by atoms with Gasteiger partial charge in [0.05, 0.1) is 6.54 Å². The van der Waals surface area contributed by atoms with E-state index in [0.29, 0.717) is 6.04 Å². The SMILES string of the molecule is CCNC(=NCC1CCCN1C)NCCN(C)CCCOC. The lowest BCUT2D eigenvalue weighted by atomic mass is 10.2. The molecule has 0 aromatic carbocycles. The van der Waals surface area contributed by atoms with Crippen LogP contribution in [0.4, 0.5) is 0 Å². The number of aliphatic imine (C=N–C) groups is 1. The van der Waals surface area contributed by atoms with E-state index in [9.17, 15) is 0 Å². The fraction of sp³-hybridized carbons (Fsp3) is 0.938. The van der Waals surface area contributed by atoms with Crippen LogP contribution in [0.5, 0.6) is 0 Å². The van der Waals surface area contributed by atoms with E-state index in [1.165, 1.54) is 19.4 Å². The summed E-state index contributed by atoms with van der Waals surface area (Å²) in [6.45, 7) is 8.91. The van der Waals surface area contributed by atoms with Gasteiger partial charge in [0.25, 0.3) is 0 Å². The maximum Gasteiger partial charge on any atom is 0.191 e. The fourth-order valence-electron chi connectivity index (χ4n) is 2.70. The van der Waals surface area contributed by atoms with Crippen molar-refractivity contribution in [1.82, 2.24) is 20.4 Å². The lowest BCUT2D eigenvalue weighted by Gasteiger charge is -2.20. The van der Waals surface area contributed by atoms with Gasteiger partial charge in [-0.05, 0) is 46.8 Å². The molecule has 1 heterocycles. The molecular weight excluding hydrogens is 278 g/mol. The predicted molar refractivity (Wildman–Crippen MR) is 93.6 cm³/mol. The number of guanidine groups is 1. The van der Waals surface area contributed by atoms with Gasteiger partial charge in [-0.1, -0.05) is 0 Å². The summed E-state index contributed by atoms with van der Waals surface area (Å²) >= 11 is 0. The molecule has 6 nitrogen and oxygen atoms in total. The lowest BCUT2D eigenvalue weighted by Crippen LogP contribution is -2.42. The minimum atomic E-state index is 0.604. The highest BCUT2D eigenvalue weighted by atomic mass is 16.5. The van der Waals surface area contributed by atoms with Crippen molar-refractivity contribution >= 4 is 5.96 Å². The summed E-state index contributed by atoms with van der Waals surface area (Å²) in [5.74, 6) is 0.938. The van der Waals surface area contributed by atoms with Gasteiger partial charge >= 0.3 is 0 Å². The summed E-state index contributed by atoms with van der Waals surface area (Å²) in [5.41, 5.74) is 0. The zero-order valence-corrected chi connectivity index (χ0v) is 14.9. The summed E-state index contributed by atoms with van der Waals surface area (Å²) in [5, 5.41) is 6.76. The van der Waals surface area contributed by atoms with Crippen molar-refractivity contribution in [2.24, 2.45) is 4.99 Å². The molecular formula is C16H35N5O. The lowest BCUT2D eigenvalue weighted by molar-refractivity contribution is 0.180. The molecule has 0 spiro atoms. The molecule has 6 heteroatoms. The minimum absolute atomic E-state index is 0.604. The normalized spacial score (nSPS) is 19.9. The number of methoxy groups -OCH3 is 1. The molecule has 0 aromatic rings. The molecule has 0 saturated carbocycles. The third kappa shape index (κ3) is 7.96. The van der Waals surface area contributed by atoms with Crippen LogP contribution in [0, 0.1) is 0 Å². The Hall–Kier alpha value is -0.850. The van der Waals surface area contributed by atoms with Crippen molar-refractivity contribution in [3.63, 3.8) is 0 Å². The van der Waals surface area contributed by atoms with Crippen LogP contribution >= 0.6 is 0 Å². The van der Waals surface area contributed by atoms with Gasteiger partial charge in [0, 0.05) is 45.9 Å². The van der Waals surface area contributed by atoms with Crippen LogP contribution in [0.15, 0.2) is 4.99 Å². The van der Waals surface area contributed by atoms with Gasteiger partial charge in [0.15, 0.2) is 5.96 Å². The topological polar surface area (TPSA) is 52.1 Å². The predicted octanol–water partition coefficient (Wildman–Crippen LogP) is 0.604. The summed E-state index contributed by atoms with van der Waals surface area (Å²) in [7, 11) is 6.10. The highest BCUT2D eigenvalue weighted by Gasteiger charge is 2.20. The van der Waals surface area contributed by atoms with E-state index < -0.39 is 0 Å². The Balaban J connectivity index is 2.24. The monoisotopic (exact) mass is 313 g/mol. The fourth-order valence-corrected chi connectivity index (χ4v) is 2.70. The zero-order valence-electron chi connectivity index (χ0n) is 14.9. The minimum Gasteiger partial charge on any atom is -0.385 e. The quantitative estimate of drug-likeness (QED) is 0.351. The Morgan fingerprint density at radius 3 is 2.82 bits per heavy atom. The van der Waals surface area contributed by atoms with Gasteiger partial charge in [0.2, 0.25) is 0 Å². The molecule has 0 radical (unpaired) electrons. The second-order valence-electron chi connectivity index (χ2n) is 6.07. The number of nitrogens with zero attached hydrogens (tertiary/aromatic N) is 3. The maximum absolute atomic E-state index is 5.08. The first-order valence-corrected chi connectivity index (χ1v) is 8.57. The molecule has 1 aliphatic heterocycles. The number of hydrogen-bond donors (Lipinski definition) is 2. The van der Waals surface area contributed by atoms with E-state index in [-0.39, 0.29) is 0 Å². The number of nitrogens with one attached hydrogen (secondary N) is 2. The van der Waals surface area contributed by atoms with Crippen LogP contribution in [0.2, 0.25) is 0 Å². The number of likely N-dealkylation sites (tertiary alicyclic amines) is 1. The Morgan fingerprint density at radius 1 is 1.36 bits per heavy atom. The molecule has 0 bridgehead atoms. The number of ether oxygens (including phenoxy) is 1. The van der Waals surface area contributed by atoms with Crippen LogP contribution in [-0.4, -0.2) is 88.9 Å². The van der Waals surface area contributed by atoms with Crippen molar-refractivity contribution in [3.8, 4) is 0 Å². The van der Waals surface area contributed by atoms with E-state index in [1.807, 2.05) is 0 Å². The Kier molecular flexibility index (Phi) is 10.2. The average molecular weight is 313 g/mol. The summed E-state index contributed by atoms with van der Waals surface area (Å²) in [4.78, 5) is 9.47. The summed E-state index contributed by atoms with van der Waals surface area (Å²) < 4.78 is 5.08. The van der Waals surface area contributed by atoms with Gasteiger partial charge in [-0.3, -0.25) is 4.99 Å². The van der Waals surface area contributed by atoms with Crippen molar-refractivity contribution < 1.29 is 4.74 Å². The third-order valence-electron chi connectivity index (χ3n) is 4.15. The van der Waals surface area contributed by atoms with E-state index >= 15 is 0 Å². The van der Waals surface area contributed by atoms with Crippen LogP contribution in [0.3, 0.4) is 0 Å². The van der Waals surface area contributed by atoms with Gasteiger partial charge in [-0.2, -0.15) is 0 Å². The number of rotatable bonds is 10. The molecule has 1 atom stereocenters. The highest BCUT2D eigenvalue weighted by Crippen LogP contribution is 2.14. The molecule has 0 amide bonds. The van der Waals surface area contributed by atoms with Crippen LogP contribution < -0.4 is 10.6 Å². The molecule has 2 N–H and O–H groups in total. The van der Waals surface area contributed by atoms with Crippen LogP contribution in [0.25, 0.3) is 0 Å². The number of likely N-dealkylation sites (N-methyl/N-ethyl adjacent to an activating group) is 2. The molecule has 1 fully saturated rings. The smallest absolute Gasteiger partial charge is 0.191 e. The molecule has 22 heavy (non-hydrogen) atoms. The molecule has 0 aromatic heterocycles. The van der Waals surface area contributed by atoms with Crippen LogP contribution in [0.1, 0.15) is 26.2 Å². The van der Waals surface area contributed by atoms with E-state index in [1.54, 1.807) is 7.11 Å². The highest BCUT2D eigenvalue weighted by molar-refractivity contribution is 5.79. The average Bonchev–Trinajstić information content (AvgIpc) is 2.90. The van der Waals surface area contributed by atoms with E-state index in [2.05, 4.69) is 41.5 Å². The third-order valence-corrected chi connectivity index (χ3v) is 4.15. The van der Waals surface area contributed by atoms with E-state index in [4.69, 9.17) is 9.73 Å². The van der Waals surface area contributed by atoms with Crippen molar-refractivity contribution in [1.29, 1.82) is 0 Å². The van der Waals surface area contributed by atoms with Crippen molar-refractivity contribution in [3.05, 3.63) is 0 Å². The Labute approximate surface area is 136 Å². The Morgan fingerprint density at radius 2 is 2.18 bits per heavy atom. The Bertz CT molecular complexity index is 311. The molecule has 0 aliphatic carbocycles. The molecule has 1 aliphatic rings. The van der Waals surface area contributed by atoms with Crippen molar-refractivity contribution in [2.45, 2.75) is 32.2 Å². The first-order chi connectivity index (χ1) is 10.7. The summed E-state index contributed by atoms with van der Waals surface area (Å²) in [6, 6.07) is 0.604. The largest absolute Gasteiger partial charge is 0.385 e. The maximum atomic E-state index is 5.08. The second kappa shape index (κ2) is 11.7. The van der Waals surface area contributed by atoms with E-state index in [0.717, 1.165) is 51.7 Å².